The molecule has 3 heterocycles. The number of oxazole rings is 1. The molecular formula is C19H11F4NO2S2. The second-order valence-corrected chi connectivity index (χ2v) is 6.95. The number of hydrogen-bond donors (Lipinski definition) is 0. The second kappa shape index (κ2) is 8.49. The van der Waals surface area contributed by atoms with Gasteiger partial charge < -0.3 is 4.42 Å². The van der Waals surface area contributed by atoms with Gasteiger partial charge in [-0.15, -0.1) is 0 Å². The minimum atomic E-state index is -4.56. The molecule has 144 valence electrons. The molecule has 0 unspecified atom stereocenters. The Labute approximate surface area is 164 Å². The third-order valence-electron chi connectivity index (χ3n) is 3.44. The van der Waals surface area contributed by atoms with E-state index < -0.39 is 17.8 Å². The van der Waals surface area contributed by atoms with Gasteiger partial charge in [-0.2, -0.15) is 35.8 Å². The van der Waals surface area contributed by atoms with E-state index in [4.69, 9.17) is 0 Å². The number of halogens is 4. The maximum Gasteiger partial charge on any atom is 0.451 e. The van der Waals surface area contributed by atoms with Crippen LogP contribution in [-0.2, 0) is 6.18 Å². The first kappa shape index (κ1) is 20.0. The number of carbonyl (C=O) groups excluding carboxylic acids is 1. The van der Waals surface area contributed by atoms with Crippen molar-refractivity contribution in [2.45, 2.75) is 6.18 Å². The molecule has 1 aromatic carbocycles. The summed E-state index contributed by atoms with van der Waals surface area (Å²) in [6, 6.07) is 8.53. The van der Waals surface area contributed by atoms with Crippen LogP contribution in [0, 0.1) is 5.82 Å². The summed E-state index contributed by atoms with van der Waals surface area (Å²) in [5.74, 6) is -1.72. The van der Waals surface area contributed by atoms with Crippen LogP contribution in [0.2, 0.25) is 0 Å². The summed E-state index contributed by atoms with van der Waals surface area (Å²) in [4.78, 5) is 15.1. The Kier molecular flexibility index (Phi) is 6.05. The van der Waals surface area contributed by atoms with Gasteiger partial charge in [0.15, 0.2) is 5.78 Å². The average molecular weight is 425 g/mol. The first-order valence-electron chi connectivity index (χ1n) is 7.72. The number of carbonyl (C=O) groups is 1. The highest BCUT2D eigenvalue weighted by atomic mass is 32.1. The lowest BCUT2D eigenvalue weighted by Crippen LogP contribution is -2.02. The number of aromatic nitrogens is 1. The Morgan fingerprint density at radius 3 is 1.93 bits per heavy atom. The van der Waals surface area contributed by atoms with Crippen molar-refractivity contribution in [3.05, 3.63) is 86.8 Å². The Morgan fingerprint density at radius 2 is 1.50 bits per heavy atom. The smallest absolute Gasteiger partial charge is 0.432 e. The minimum Gasteiger partial charge on any atom is -0.432 e. The maximum absolute atomic E-state index is 12.6. The van der Waals surface area contributed by atoms with E-state index in [1.54, 1.807) is 22.7 Å². The zero-order valence-electron chi connectivity index (χ0n) is 13.9. The van der Waals surface area contributed by atoms with E-state index in [0.717, 1.165) is 23.3 Å². The molecule has 0 saturated carbocycles. The highest BCUT2D eigenvalue weighted by Gasteiger charge is 2.35. The molecular weight excluding hydrogens is 414 g/mol. The minimum absolute atomic E-state index is 0.123. The number of ketones is 1. The molecule has 28 heavy (non-hydrogen) atoms. The van der Waals surface area contributed by atoms with Gasteiger partial charge in [0, 0.05) is 27.5 Å². The Hall–Kier alpha value is -2.78. The van der Waals surface area contributed by atoms with Crippen LogP contribution in [-0.4, -0.2) is 10.8 Å². The van der Waals surface area contributed by atoms with Crippen molar-refractivity contribution in [2.75, 3.05) is 0 Å². The Balaban J connectivity index is 0.000000167. The van der Waals surface area contributed by atoms with Gasteiger partial charge in [-0.25, -0.2) is 9.37 Å². The van der Waals surface area contributed by atoms with Gasteiger partial charge in [-0.3, -0.25) is 4.79 Å². The summed E-state index contributed by atoms with van der Waals surface area (Å²) in [7, 11) is 0. The van der Waals surface area contributed by atoms with Crippen molar-refractivity contribution >= 4 is 28.5 Å². The average Bonchev–Trinajstić information content (AvgIpc) is 3.44. The molecule has 9 heteroatoms. The summed E-state index contributed by atoms with van der Waals surface area (Å²) in [5.41, 5.74) is 1.87. The summed E-state index contributed by atoms with van der Waals surface area (Å²) >= 11 is 3.10. The van der Waals surface area contributed by atoms with Crippen LogP contribution in [0.1, 0.15) is 21.7 Å². The molecule has 0 aliphatic heterocycles. The number of thiophene rings is 2. The zero-order chi connectivity index (χ0) is 20.1. The summed E-state index contributed by atoms with van der Waals surface area (Å²) in [6.45, 7) is 0. The molecule has 0 aliphatic rings. The number of benzene rings is 1. The Bertz CT molecular complexity index is 985. The summed E-state index contributed by atoms with van der Waals surface area (Å²) in [5, 5.41) is 7.58. The van der Waals surface area contributed by atoms with E-state index in [1.165, 1.54) is 12.1 Å². The fourth-order valence-corrected chi connectivity index (χ4v) is 3.36. The van der Waals surface area contributed by atoms with Crippen LogP contribution in [0.5, 0.6) is 0 Å². The lowest BCUT2D eigenvalue weighted by Gasteiger charge is -1.99. The molecule has 0 atom stereocenters. The van der Waals surface area contributed by atoms with Crippen LogP contribution in [0.15, 0.2) is 68.5 Å². The van der Waals surface area contributed by atoms with Gasteiger partial charge in [0.25, 0.3) is 0 Å². The number of hydrogen-bond acceptors (Lipinski definition) is 5. The molecule has 0 N–H and O–H groups in total. The van der Waals surface area contributed by atoms with Crippen LogP contribution in [0.25, 0.3) is 11.5 Å². The summed E-state index contributed by atoms with van der Waals surface area (Å²) < 4.78 is 53.6. The normalized spacial score (nSPS) is 11.0. The van der Waals surface area contributed by atoms with Gasteiger partial charge in [0.2, 0.25) is 11.7 Å². The van der Waals surface area contributed by atoms with E-state index in [1.807, 2.05) is 33.7 Å². The molecule has 0 saturated heterocycles. The van der Waals surface area contributed by atoms with E-state index >= 15 is 0 Å². The van der Waals surface area contributed by atoms with Gasteiger partial charge in [-0.05, 0) is 47.2 Å². The largest absolute Gasteiger partial charge is 0.451 e. The number of nitrogens with zero attached hydrogens (tertiary/aromatic N) is 1. The molecule has 3 aromatic heterocycles. The van der Waals surface area contributed by atoms with E-state index in [0.29, 0.717) is 6.20 Å². The van der Waals surface area contributed by atoms with Gasteiger partial charge in [0.05, 0.1) is 6.20 Å². The van der Waals surface area contributed by atoms with Crippen molar-refractivity contribution in [1.82, 2.24) is 4.98 Å². The first-order chi connectivity index (χ1) is 13.3. The van der Waals surface area contributed by atoms with Crippen molar-refractivity contribution < 1.29 is 26.8 Å². The quantitative estimate of drug-likeness (QED) is 0.276. The van der Waals surface area contributed by atoms with E-state index in [-0.39, 0.29) is 17.2 Å². The zero-order valence-corrected chi connectivity index (χ0v) is 15.6. The van der Waals surface area contributed by atoms with Gasteiger partial charge in [0.1, 0.15) is 5.82 Å². The summed E-state index contributed by atoms with van der Waals surface area (Å²) in [6.07, 6.45) is -3.97. The van der Waals surface area contributed by atoms with Gasteiger partial charge >= 0.3 is 6.18 Å². The molecule has 4 aromatic rings. The second-order valence-electron chi connectivity index (χ2n) is 5.39. The maximum atomic E-state index is 12.6. The van der Waals surface area contributed by atoms with Crippen molar-refractivity contribution in [3.63, 3.8) is 0 Å². The standard InChI is InChI=1S/C10H5F4NO.C9H6OS2/c11-7-3-1-6(2-4-7)9-15-5-8(16-9)10(12,13)14;10-9(7-1-3-11-5-7)8-2-4-12-6-8/h1-5H;1-6H. The van der Waals surface area contributed by atoms with Crippen LogP contribution in [0.4, 0.5) is 17.6 Å². The molecule has 0 spiro atoms. The SMILES string of the molecule is Fc1ccc(-c2ncc(C(F)(F)F)o2)cc1.O=C(c1ccsc1)c1ccsc1. The molecule has 0 aliphatic carbocycles. The monoisotopic (exact) mass is 425 g/mol. The van der Waals surface area contributed by atoms with Crippen LogP contribution >= 0.6 is 22.7 Å². The van der Waals surface area contributed by atoms with E-state index in [2.05, 4.69) is 9.40 Å². The van der Waals surface area contributed by atoms with Crippen molar-refractivity contribution in [2.24, 2.45) is 0 Å². The molecule has 0 fully saturated rings. The fraction of sp³-hybridized carbons (Fsp3) is 0.0526. The number of rotatable bonds is 3. The van der Waals surface area contributed by atoms with E-state index in [9.17, 15) is 22.4 Å². The van der Waals surface area contributed by atoms with Crippen molar-refractivity contribution in [1.29, 1.82) is 0 Å². The molecule has 3 nitrogen and oxygen atoms in total. The third-order valence-corrected chi connectivity index (χ3v) is 4.81. The number of alkyl halides is 3. The topological polar surface area (TPSA) is 43.1 Å². The first-order valence-corrected chi connectivity index (χ1v) is 9.61. The lowest BCUT2D eigenvalue weighted by atomic mass is 10.1. The molecule has 4 rings (SSSR count). The predicted molar refractivity (Wildman–Crippen MR) is 99.0 cm³/mol. The fourth-order valence-electron chi connectivity index (χ4n) is 2.09. The van der Waals surface area contributed by atoms with Crippen LogP contribution < -0.4 is 0 Å². The molecule has 0 radical (unpaired) electrons. The molecule has 0 amide bonds. The highest BCUT2D eigenvalue weighted by molar-refractivity contribution is 7.08. The van der Waals surface area contributed by atoms with Crippen molar-refractivity contribution in [3.8, 4) is 11.5 Å². The molecule has 0 bridgehead atoms. The highest BCUT2D eigenvalue weighted by Crippen LogP contribution is 2.32. The van der Waals surface area contributed by atoms with Crippen LogP contribution in [0.3, 0.4) is 0 Å². The predicted octanol–water partition coefficient (Wildman–Crippen LogP) is 6.54. The Morgan fingerprint density at radius 1 is 0.929 bits per heavy atom. The lowest BCUT2D eigenvalue weighted by molar-refractivity contribution is -0.152. The third kappa shape index (κ3) is 4.93. The van der Waals surface area contributed by atoms with Gasteiger partial charge in [-0.1, -0.05) is 0 Å².